The van der Waals surface area contributed by atoms with E-state index in [1.54, 1.807) is 6.07 Å². The van der Waals surface area contributed by atoms with Gasteiger partial charge in [0, 0.05) is 17.1 Å². The molecule has 0 bridgehead atoms. The Morgan fingerprint density at radius 1 is 1.47 bits per heavy atom. The topological polar surface area (TPSA) is 41.8 Å². The van der Waals surface area contributed by atoms with Crippen LogP contribution in [-0.4, -0.2) is 11.5 Å². The van der Waals surface area contributed by atoms with Gasteiger partial charge in [0.2, 0.25) is 0 Å². The molecule has 1 heterocycles. The molecule has 2 rings (SSSR count). The van der Waals surface area contributed by atoms with Gasteiger partial charge in [0.1, 0.15) is 5.82 Å². The van der Waals surface area contributed by atoms with Crippen LogP contribution < -0.4 is 5.73 Å². The van der Waals surface area contributed by atoms with Gasteiger partial charge >= 0.3 is 0 Å². The molecule has 1 atom stereocenters. The van der Waals surface area contributed by atoms with Crippen molar-refractivity contribution in [3.8, 4) is 0 Å². The summed E-state index contributed by atoms with van der Waals surface area (Å²) in [5.41, 5.74) is 7.39. The van der Waals surface area contributed by atoms with Crippen molar-refractivity contribution in [2.45, 2.75) is 19.3 Å². The molecule has 15 heavy (non-hydrogen) atoms. The lowest BCUT2D eigenvalue weighted by atomic mass is 9.97. The van der Waals surface area contributed by atoms with E-state index in [0.717, 1.165) is 17.5 Å². The Kier molecular flexibility index (Phi) is 2.73. The maximum atomic E-state index is 13.6. The van der Waals surface area contributed by atoms with Crippen LogP contribution in [0, 0.1) is 5.82 Å². The molecule has 1 aromatic heterocycles. The molecule has 0 amide bonds. The van der Waals surface area contributed by atoms with Crippen LogP contribution in [0.5, 0.6) is 0 Å². The number of hydrogen-bond donors (Lipinski definition) is 2. The molecule has 0 saturated heterocycles. The summed E-state index contributed by atoms with van der Waals surface area (Å²) in [7, 11) is 0. The zero-order valence-electron chi connectivity index (χ0n) is 8.76. The molecule has 2 nitrogen and oxygen atoms in total. The minimum Gasteiger partial charge on any atom is -0.361 e. The van der Waals surface area contributed by atoms with Gasteiger partial charge in [-0.3, -0.25) is 0 Å². The Morgan fingerprint density at radius 3 is 3.00 bits per heavy atom. The molecule has 3 heteroatoms. The maximum Gasteiger partial charge on any atom is 0.132 e. The molecule has 0 fully saturated rings. The summed E-state index contributed by atoms with van der Waals surface area (Å²) >= 11 is 0. The smallest absolute Gasteiger partial charge is 0.132 e. The predicted octanol–water partition coefficient (Wildman–Crippen LogP) is 2.76. The lowest BCUT2D eigenvalue weighted by Gasteiger charge is -2.08. The number of hydrogen-bond acceptors (Lipinski definition) is 1. The van der Waals surface area contributed by atoms with Gasteiger partial charge in [0.05, 0.1) is 0 Å². The van der Waals surface area contributed by atoms with Gasteiger partial charge in [0.25, 0.3) is 0 Å². The van der Waals surface area contributed by atoms with Crippen molar-refractivity contribution in [2.75, 3.05) is 6.54 Å². The summed E-state index contributed by atoms with van der Waals surface area (Å²) in [6.45, 7) is 2.70. The number of nitrogens with two attached hydrogens (primary N) is 1. The van der Waals surface area contributed by atoms with Gasteiger partial charge in [-0.1, -0.05) is 13.0 Å². The Morgan fingerprint density at radius 2 is 2.27 bits per heavy atom. The van der Waals surface area contributed by atoms with Crippen LogP contribution in [0.2, 0.25) is 0 Å². The maximum absolute atomic E-state index is 13.6. The van der Waals surface area contributed by atoms with Crippen molar-refractivity contribution in [3.63, 3.8) is 0 Å². The molecule has 1 aromatic carbocycles. The highest BCUT2D eigenvalue weighted by Crippen LogP contribution is 2.28. The second-order valence-corrected chi connectivity index (χ2v) is 3.88. The van der Waals surface area contributed by atoms with Gasteiger partial charge in [-0.05, 0) is 36.6 Å². The summed E-state index contributed by atoms with van der Waals surface area (Å²) in [5.74, 6) is 0.133. The quantitative estimate of drug-likeness (QED) is 0.796. The molecular weight excluding hydrogens is 191 g/mol. The van der Waals surface area contributed by atoms with E-state index in [2.05, 4.69) is 11.9 Å². The Balaban J connectivity index is 2.52. The van der Waals surface area contributed by atoms with Gasteiger partial charge in [-0.2, -0.15) is 0 Å². The Bertz CT molecular complexity index is 462. The van der Waals surface area contributed by atoms with E-state index >= 15 is 0 Å². The second kappa shape index (κ2) is 4.03. The fraction of sp³-hybridized carbons (Fsp3) is 0.333. The third kappa shape index (κ3) is 1.75. The first kappa shape index (κ1) is 10.2. The van der Waals surface area contributed by atoms with Crippen LogP contribution in [0.15, 0.2) is 24.4 Å². The van der Waals surface area contributed by atoms with Crippen molar-refractivity contribution in [1.29, 1.82) is 0 Å². The molecule has 0 radical (unpaired) electrons. The zero-order chi connectivity index (χ0) is 10.8. The number of aromatic nitrogens is 1. The van der Waals surface area contributed by atoms with E-state index in [1.165, 1.54) is 6.07 Å². The number of benzene rings is 1. The highest BCUT2D eigenvalue weighted by Gasteiger charge is 2.13. The van der Waals surface area contributed by atoms with Crippen molar-refractivity contribution < 1.29 is 4.39 Å². The van der Waals surface area contributed by atoms with E-state index < -0.39 is 0 Å². The van der Waals surface area contributed by atoms with E-state index in [1.807, 2.05) is 12.3 Å². The lowest BCUT2D eigenvalue weighted by molar-refractivity contribution is 0.634. The number of aromatic amines is 1. The fourth-order valence-electron chi connectivity index (χ4n) is 1.96. The first-order chi connectivity index (χ1) is 7.24. The van der Waals surface area contributed by atoms with E-state index in [-0.39, 0.29) is 5.82 Å². The highest BCUT2D eigenvalue weighted by atomic mass is 19.1. The molecule has 0 aliphatic carbocycles. The zero-order valence-corrected chi connectivity index (χ0v) is 8.76. The third-order valence-corrected chi connectivity index (χ3v) is 2.82. The molecule has 2 aromatic rings. The molecule has 80 valence electrons. The average molecular weight is 206 g/mol. The van der Waals surface area contributed by atoms with Gasteiger partial charge in [-0.15, -0.1) is 0 Å². The molecule has 3 N–H and O–H groups in total. The first-order valence-electron chi connectivity index (χ1n) is 5.19. The van der Waals surface area contributed by atoms with Gasteiger partial charge in [0.15, 0.2) is 0 Å². The summed E-state index contributed by atoms with van der Waals surface area (Å²) in [6, 6.07) is 5.09. The molecule has 0 saturated carbocycles. The van der Waals surface area contributed by atoms with Crippen LogP contribution in [-0.2, 0) is 0 Å². The molecular formula is C12H15FN2. The monoisotopic (exact) mass is 206 g/mol. The number of rotatable bonds is 3. The van der Waals surface area contributed by atoms with Crippen molar-refractivity contribution in [3.05, 3.63) is 35.8 Å². The minimum atomic E-state index is -0.160. The Labute approximate surface area is 88.3 Å². The van der Waals surface area contributed by atoms with E-state index in [0.29, 0.717) is 17.8 Å². The van der Waals surface area contributed by atoms with Crippen LogP contribution >= 0.6 is 0 Å². The summed E-state index contributed by atoms with van der Waals surface area (Å²) in [5, 5.41) is 0.707. The number of H-pyrrole nitrogens is 1. The minimum absolute atomic E-state index is 0.160. The molecule has 1 unspecified atom stereocenters. The molecule has 0 aliphatic rings. The summed E-state index contributed by atoms with van der Waals surface area (Å²) < 4.78 is 13.6. The number of halogens is 1. The second-order valence-electron chi connectivity index (χ2n) is 3.88. The van der Waals surface area contributed by atoms with Gasteiger partial charge in [-0.25, -0.2) is 4.39 Å². The van der Waals surface area contributed by atoms with E-state index in [4.69, 9.17) is 5.73 Å². The average Bonchev–Trinajstić information content (AvgIpc) is 2.63. The van der Waals surface area contributed by atoms with Gasteiger partial charge < -0.3 is 10.7 Å². The third-order valence-electron chi connectivity index (χ3n) is 2.82. The number of fused-ring (bicyclic) bond motifs is 1. The SMILES string of the molecule is CC(CCN)c1c[nH]c2cccc(F)c12. The molecule has 0 aliphatic heterocycles. The van der Waals surface area contributed by atoms with Crippen LogP contribution in [0.3, 0.4) is 0 Å². The highest BCUT2D eigenvalue weighted by molar-refractivity contribution is 5.84. The summed E-state index contributed by atoms with van der Waals surface area (Å²) in [4.78, 5) is 3.09. The number of nitrogens with one attached hydrogen (secondary N) is 1. The van der Waals surface area contributed by atoms with Crippen molar-refractivity contribution >= 4 is 10.9 Å². The van der Waals surface area contributed by atoms with Crippen molar-refractivity contribution in [1.82, 2.24) is 4.98 Å². The van der Waals surface area contributed by atoms with Crippen LogP contribution in [0.4, 0.5) is 4.39 Å². The lowest BCUT2D eigenvalue weighted by Crippen LogP contribution is -2.04. The Hall–Kier alpha value is -1.35. The largest absolute Gasteiger partial charge is 0.361 e. The molecule has 0 spiro atoms. The van der Waals surface area contributed by atoms with Crippen molar-refractivity contribution in [2.24, 2.45) is 5.73 Å². The fourth-order valence-corrected chi connectivity index (χ4v) is 1.96. The standard InChI is InChI=1S/C12H15FN2/c1-8(5-6-14)9-7-15-11-4-2-3-10(13)12(9)11/h2-4,7-8,15H,5-6,14H2,1H3. The first-order valence-corrected chi connectivity index (χ1v) is 5.19. The predicted molar refractivity (Wildman–Crippen MR) is 60.3 cm³/mol. The van der Waals surface area contributed by atoms with Crippen LogP contribution in [0.25, 0.3) is 10.9 Å². The van der Waals surface area contributed by atoms with E-state index in [9.17, 15) is 4.39 Å². The summed E-state index contributed by atoms with van der Waals surface area (Å²) in [6.07, 6.45) is 2.76. The van der Waals surface area contributed by atoms with Crippen LogP contribution in [0.1, 0.15) is 24.8 Å². The normalized spacial score (nSPS) is 13.3.